The molecule has 1 aromatic heterocycles. The van der Waals surface area contributed by atoms with E-state index in [4.69, 9.17) is 14.7 Å². The van der Waals surface area contributed by atoms with Crippen LogP contribution < -0.4 is 4.74 Å². The molecule has 0 N–H and O–H groups in total. The lowest BCUT2D eigenvalue weighted by molar-refractivity contribution is -0.141. The number of aromatic nitrogens is 1. The normalized spacial score (nSPS) is 11.2. The third-order valence-electron chi connectivity index (χ3n) is 2.38. The van der Waals surface area contributed by atoms with Crippen LogP contribution in [0.3, 0.4) is 0 Å². The van der Waals surface area contributed by atoms with Crippen LogP contribution in [0.25, 0.3) is 0 Å². The van der Waals surface area contributed by atoms with Gasteiger partial charge in [0.2, 0.25) is 5.88 Å². The molecule has 0 saturated carbocycles. The van der Waals surface area contributed by atoms with Crippen LogP contribution in [-0.4, -0.2) is 24.8 Å². The molecule has 0 bridgehead atoms. The molecule has 0 aliphatic rings. The highest BCUT2D eigenvalue weighted by molar-refractivity contribution is 5.39. The van der Waals surface area contributed by atoms with Crippen molar-refractivity contribution in [2.75, 3.05) is 19.8 Å². The molecule has 0 amide bonds. The van der Waals surface area contributed by atoms with Gasteiger partial charge in [-0.15, -0.1) is 0 Å². The van der Waals surface area contributed by atoms with Gasteiger partial charge in [0.05, 0.1) is 6.61 Å². The smallest absolute Gasteiger partial charge is 0.433 e. The zero-order valence-corrected chi connectivity index (χ0v) is 11.0. The Morgan fingerprint density at radius 3 is 2.60 bits per heavy atom. The highest BCUT2D eigenvalue weighted by Crippen LogP contribution is 2.29. The average Bonchev–Trinajstić information content (AvgIpc) is 2.41. The SMILES string of the molecule is CCCCOCCOc1nc(C(F)(F)F)ccc1C#N. The Hall–Kier alpha value is -1.81. The molecule has 20 heavy (non-hydrogen) atoms. The topological polar surface area (TPSA) is 55.1 Å². The molecule has 0 unspecified atom stereocenters. The van der Waals surface area contributed by atoms with E-state index in [-0.39, 0.29) is 24.7 Å². The predicted octanol–water partition coefficient (Wildman–Crippen LogP) is 3.17. The number of nitriles is 1. The molecule has 0 saturated heterocycles. The maximum atomic E-state index is 12.5. The van der Waals surface area contributed by atoms with E-state index in [0.717, 1.165) is 25.0 Å². The molecule has 0 aliphatic carbocycles. The van der Waals surface area contributed by atoms with Gasteiger partial charge in [-0.25, -0.2) is 4.98 Å². The van der Waals surface area contributed by atoms with E-state index in [1.54, 1.807) is 6.07 Å². The van der Waals surface area contributed by atoms with Crippen LogP contribution in [0.4, 0.5) is 13.2 Å². The Balaban J connectivity index is 2.61. The second-order valence-corrected chi connectivity index (χ2v) is 3.97. The monoisotopic (exact) mass is 288 g/mol. The number of pyridine rings is 1. The number of halogens is 3. The van der Waals surface area contributed by atoms with Crippen molar-refractivity contribution in [1.82, 2.24) is 4.98 Å². The van der Waals surface area contributed by atoms with Gasteiger partial charge in [-0.1, -0.05) is 13.3 Å². The van der Waals surface area contributed by atoms with Crippen molar-refractivity contribution in [1.29, 1.82) is 5.26 Å². The molecule has 0 radical (unpaired) electrons. The van der Waals surface area contributed by atoms with Gasteiger partial charge in [0.1, 0.15) is 23.9 Å². The van der Waals surface area contributed by atoms with E-state index in [0.29, 0.717) is 6.61 Å². The first-order valence-electron chi connectivity index (χ1n) is 6.18. The first-order valence-corrected chi connectivity index (χ1v) is 6.18. The maximum Gasteiger partial charge on any atom is 0.433 e. The predicted molar refractivity (Wildman–Crippen MR) is 65.2 cm³/mol. The lowest BCUT2D eigenvalue weighted by Crippen LogP contribution is -2.12. The fourth-order valence-corrected chi connectivity index (χ4v) is 1.34. The number of alkyl halides is 3. The summed E-state index contributed by atoms with van der Waals surface area (Å²) < 4.78 is 47.8. The quantitative estimate of drug-likeness (QED) is 0.723. The maximum absolute atomic E-state index is 12.5. The summed E-state index contributed by atoms with van der Waals surface area (Å²) in [6, 6.07) is 3.54. The van der Waals surface area contributed by atoms with E-state index >= 15 is 0 Å². The van der Waals surface area contributed by atoms with Crippen molar-refractivity contribution in [2.45, 2.75) is 25.9 Å². The van der Waals surface area contributed by atoms with Crippen LogP contribution in [0, 0.1) is 11.3 Å². The van der Waals surface area contributed by atoms with Crippen LogP contribution in [0.1, 0.15) is 31.0 Å². The Kier molecular flexibility index (Phi) is 6.25. The molecule has 0 atom stereocenters. The average molecular weight is 288 g/mol. The fraction of sp³-hybridized carbons (Fsp3) is 0.538. The molecule has 0 aliphatic heterocycles. The number of unbranched alkanes of at least 4 members (excludes halogenated alkanes) is 1. The minimum absolute atomic E-state index is 0.0356. The molecule has 0 fully saturated rings. The molecule has 1 heterocycles. The van der Waals surface area contributed by atoms with Gasteiger partial charge in [-0.05, 0) is 18.6 Å². The van der Waals surface area contributed by atoms with Gasteiger partial charge in [0, 0.05) is 6.61 Å². The standard InChI is InChI=1S/C13H15F3N2O2/c1-2-3-6-19-7-8-20-12-10(9-17)4-5-11(18-12)13(14,15)16/h4-5H,2-3,6-8H2,1H3. The Morgan fingerprint density at radius 1 is 1.25 bits per heavy atom. The molecule has 4 nitrogen and oxygen atoms in total. The summed E-state index contributed by atoms with van der Waals surface area (Å²) in [5.41, 5.74) is -1.12. The number of rotatable bonds is 7. The highest BCUT2D eigenvalue weighted by atomic mass is 19.4. The number of ether oxygens (including phenoxy) is 2. The van der Waals surface area contributed by atoms with Crippen molar-refractivity contribution in [3.63, 3.8) is 0 Å². The van der Waals surface area contributed by atoms with Crippen LogP contribution >= 0.6 is 0 Å². The Morgan fingerprint density at radius 2 is 2.00 bits per heavy atom. The molecule has 7 heteroatoms. The van der Waals surface area contributed by atoms with Crippen molar-refractivity contribution in [2.24, 2.45) is 0 Å². The molecule has 0 spiro atoms. The molecular formula is C13H15F3N2O2. The molecular weight excluding hydrogens is 273 g/mol. The molecule has 1 aromatic rings. The van der Waals surface area contributed by atoms with Crippen molar-refractivity contribution >= 4 is 0 Å². The molecule has 1 rings (SSSR count). The van der Waals surface area contributed by atoms with Gasteiger partial charge in [-0.2, -0.15) is 18.4 Å². The minimum Gasteiger partial charge on any atom is -0.474 e. The first-order chi connectivity index (χ1) is 9.49. The lowest BCUT2D eigenvalue weighted by Gasteiger charge is -2.10. The van der Waals surface area contributed by atoms with Gasteiger partial charge < -0.3 is 9.47 Å². The highest BCUT2D eigenvalue weighted by Gasteiger charge is 2.33. The van der Waals surface area contributed by atoms with Crippen LogP contribution in [0.15, 0.2) is 12.1 Å². The Bertz CT molecular complexity index is 470. The van der Waals surface area contributed by atoms with E-state index in [2.05, 4.69) is 4.98 Å². The third kappa shape index (κ3) is 5.05. The van der Waals surface area contributed by atoms with Gasteiger partial charge in [-0.3, -0.25) is 0 Å². The second-order valence-electron chi connectivity index (χ2n) is 3.97. The van der Waals surface area contributed by atoms with Crippen LogP contribution in [0.5, 0.6) is 5.88 Å². The number of hydrogen-bond acceptors (Lipinski definition) is 4. The van der Waals surface area contributed by atoms with Gasteiger partial charge in [0.15, 0.2) is 0 Å². The summed E-state index contributed by atoms with van der Waals surface area (Å²) in [6.07, 6.45) is -2.66. The third-order valence-corrected chi connectivity index (χ3v) is 2.38. The molecule has 0 aromatic carbocycles. The van der Waals surface area contributed by atoms with E-state index in [9.17, 15) is 13.2 Å². The zero-order valence-electron chi connectivity index (χ0n) is 11.0. The minimum atomic E-state index is -4.57. The zero-order chi connectivity index (χ0) is 15.0. The lowest BCUT2D eigenvalue weighted by atomic mass is 10.2. The van der Waals surface area contributed by atoms with E-state index in [1.807, 2.05) is 6.92 Å². The van der Waals surface area contributed by atoms with Gasteiger partial charge >= 0.3 is 6.18 Å². The van der Waals surface area contributed by atoms with E-state index in [1.165, 1.54) is 0 Å². The van der Waals surface area contributed by atoms with Crippen molar-refractivity contribution in [3.05, 3.63) is 23.4 Å². The summed E-state index contributed by atoms with van der Waals surface area (Å²) in [5.74, 6) is -0.318. The Labute approximate surface area is 115 Å². The summed E-state index contributed by atoms with van der Waals surface area (Å²) >= 11 is 0. The summed E-state index contributed by atoms with van der Waals surface area (Å²) in [6.45, 7) is 2.88. The summed E-state index contributed by atoms with van der Waals surface area (Å²) in [5, 5.41) is 8.80. The van der Waals surface area contributed by atoms with Crippen LogP contribution in [0.2, 0.25) is 0 Å². The summed E-state index contributed by atoms with van der Waals surface area (Å²) in [7, 11) is 0. The second kappa shape index (κ2) is 7.70. The van der Waals surface area contributed by atoms with Crippen LogP contribution in [-0.2, 0) is 10.9 Å². The summed E-state index contributed by atoms with van der Waals surface area (Å²) in [4.78, 5) is 3.32. The number of nitrogens with zero attached hydrogens (tertiary/aromatic N) is 2. The largest absolute Gasteiger partial charge is 0.474 e. The fourth-order valence-electron chi connectivity index (χ4n) is 1.34. The van der Waals surface area contributed by atoms with Crippen molar-refractivity contribution < 1.29 is 22.6 Å². The van der Waals surface area contributed by atoms with Gasteiger partial charge in [0.25, 0.3) is 0 Å². The molecule has 110 valence electrons. The first kappa shape index (κ1) is 16.2. The number of hydrogen-bond donors (Lipinski definition) is 0. The van der Waals surface area contributed by atoms with Crippen molar-refractivity contribution in [3.8, 4) is 11.9 Å². The van der Waals surface area contributed by atoms with E-state index < -0.39 is 11.9 Å².